The van der Waals surface area contributed by atoms with Crippen LogP contribution in [-0.2, 0) is 10.2 Å². The van der Waals surface area contributed by atoms with Crippen molar-refractivity contribution in [3.63, 3.8) is 0 Å². The Bertz CT molecular complexity index is 1140. The molecule has 6 nitrogen and oxygen atoms in total. The number of halogens is 1. The van der Waals surface area contributed by atoms with E-state index in [9.17, 15) is 9.59 Å². The summed E-state index contributed by atoms with van der Waals surface area (Å²) >= 11 is 7.32. The number of hydrogen-bond donors (Lipinski definition) is 1. The smallest absolute Gasteiger partial charge is 0.254 e. The van der Waals surface area contributed by atoms with Gasteiger partial charge in [-0.3, -0.25) is 14.9 Å². The van der Waals surface area contributed by atoms with E-state index >= 15 is 0 Å². The van der Waals surface area contributed by atoms with Gasteiger partial charge >= 0.3 is 0 Å². The number of hydrogen-bond acceptors (Lipinski definition) is 5. The lowest BCUT2D eigenvalue weighted by molar-refractivity contribution is -0.119. The van der Waals surface area contributed by atoms with Crippen LogP contribution in [0.2, 0.25) is 5.02 Å². The number of amides is 2. The predicted octanol–water partition coefficient (Wildman–Crippen LogP) is 5.40. The average molecular weight is 469 g/mol. The highest BCUT2D eigenvalue weighted by Crippen LogP contribution is 2.29. The summed E-state index contributed by atoms with van der Waals surface area (Å²) in [6, 6.07) is 14.5. The van der Waals surface area contributed by atoms with Crippen LogP contribution in [0.1, 0.15) is 49.5 Å². The molecule has 0 saturated carbocycles. The Morgan fingerprint density at radius 3 is 2.56 bits per heavy atom. The molecule has 1 unspecified atom stereocenters. The average Bonchev–Trinajstić information content (AvgIpc) is 3.42. The van der Waals surface area contributed by atoms with Crippen LogP contribution in [0.4, 0.5) is 5.13 Å². The molecule has 166 valence electrons. The molecule has 1 fully saturated rings. The first-order chi connectivity index (χ1) is 15.2. The molecule has 1 aliphatic heterocycles. The zero-order valence-corrected chi connectivity index (χ0v) is 19.8. The second-order valence-corrected chi connectivity index (χ2v) is 10.3. The van der Waals surface area contributed by atoms with Gasteiger partial charge in [0, 0.05) is 22.7 Å². The Labute approximate surface area is 196 Å². The standard InChI is InChI=1S/C24H25ClN4O2S/c1-24(2,3)17-11-9-15(10-12-17)22(31)29-13-5-8-19(29)20(30)26-23-28-27-21(32-23)16-6-4-7-18(25)14-16/h4,6-7,9-12,14,19H,5,8,13H2,1-3H3,(H,26,28,30). The lowest BCUT2D eigenvalue weighted by Crippen LogP contribution is -2.43. The Balaban J connectivity index is 1.45. The van der Waals surface area contributed by atoms with Crippen molar-refractivity contribution in [3.8, 4) is 10.6 Å². The van der Waals surface area contributed by atoms with Crippen molar-refractivity contribution >= 4 is 39.9 Å². The van der Waals surface area contributed by atoms with Crippen LogP contribution in [0.15, 0.2) is 48.5 Å². The molecule has 1 aliphatic rings. The van der Waals surface area contributed by atoms with Crippen molar-refractivity contribution in [2.45, 2.75) is 45.1 Å². The van der Waals surface area contributed by atoms with Crippen LogP contribution in [0.5, 0.6) is 0 Å². The largest absolute Gasteiger partial charge is 0.327 e. The minimum absolute atomic E-state index is 0.0172. The maximum Gasteiger partial charge on any atom is 0.254 e. The Kier molecular flexibility index (Phi) is 6.31. The molecule has 4 rings (SSSR count). The molecule has 1 aromatic heterocycles. The first-order valence-electron chi connectivity index (χ1n) is 10.5. The summed E-state index contributed by atoms with van der Waals surface area (Å²) in [5.74, 6) is -0.365. The third-order valence-corrected chi connectivity index (χ3v) is 6.66. The molecule has 2 amide bonds. The molecule has 32 heavy (non-hydrogen) atoms. The number of anilines is 1. The maximum absolute atomic E-state index is 13.1. The summed E-state index contributed by atoms with van der Waals surface area (Å²) in [5, 5.41) is 12.7. The van der Waals surface area contributed by atoms with Crippen LogP contribution >= 0.6 is 22.9 Å². The number of likely N-dealkylation sites (tertiary alicyclic amines) is 1. The Hall–Kier alpha value is -2.77. The molecule has 1 atom stereocenters. The zero-order chi connectivity index (χ0) is 22.9. The monoisotopic (exact) mass is 468 g/mol. The van der Waals surface area contributed by atoms with Gasteiger partial charge in [0.15, 0.2) is 0 Å². The van der Waals surface area contributed by atoms with Gasteiger partial charge in [-0.1, -0.05) is 68.0 Å². The van der Waals surface area contributed by atoms with E-state index in [1.165, 1.54) is 11.3 Å². The fraction of sp³-hybridized carbons (Fsp3) is 0.333. The molecule has 0 radical (unpaired) electrons. The highest BCUT2D eigenvalue weighted by atomic mass is 35.5. The summed E-state index contributed by atoms with van der Waals surface area (Å²) in [7, 11) is 0. The van der Waals surface area contributed by atoms with E-state index in [4.69, 9.17) is 11.6 Å². The van der Waals surface area contributed by atoms with Crippen LogP contribution in [-0.4, -0.2) is 39.5 Å². The van der Waals surface area contributed by atoms with Crippen LogP contribution in [0, 0.1) is 0 Å². The summed E-state index contributed by atoms with van der Waals surface area (Å²) < 4.78 is 0. The van der Waals surface area contributed by atoms with Gasteiger partial charge in [-0.2, -0.15) is 0 Å². The molecular formula is C24H25ClN4O2S. The topological polar surface area (TPSA) is 75.2 Å². The zero-order valence-electron chi connectivity index (χ0n) is 18.3. The van der Waals surface area contributed by atoms with Crippen molar-refractivity contribution < 1.29 is 9.59 Å². The van der Waals surface area contributed by atoms with Gasteiger partial charge < -0.3 is 4.90 Å². The highest BCUT2D eigenvalue weighted by molar-refractivity contribution is 7.18. The molecule has 3 aromatic rings. The normalized spacial score (nSPS) is 16.2. The quantitative estimate of drug-likeness (QED) is 0.556. The van der Waals surface area contributed by atoms with Gasteiger partial charge in [0.25, 0.3) is 5.91 Å². The van der Waals surface area contributed by atoms with Crippen LogP contribution in [0.3, 0.4) is 0 Å². The fourth-order valence-electron chi connectivity index (χ4n) is 3.76. The van der Waals surface area contributed by atoms with Crippen molar-refractivity contribution in [1.29, 1.82) is 0 Å². The molecule has 0 spiro atoms. The summed E-state index contributed by atoms with van der Waals surface area (Å²) in [6.07, 6.45) is 1.41. The molecular weight excluding hydrogens is 444 g/mol. The van der Waals surface area contributed by atoms with E-state index in [0.717, 1.165) is 17.5 Å². The lowest BCUT2D eigenvalue weighted by atomic mass is 9.86. The number of nitrogens with zero attached hydrogens (tertiary/aromatic N) is 3. The van der Waals surface area contributed by atoms with Crippen molar-refractivity contribution in [2.75, 3.05) is 11.9 Å². The minimum atomic E-state index is -0.525. The van der Waals surface area contributed by atoms with Gasteiger partial charge in [0.2, 0.25) is 11.0 Å². The molecule has 1 N–H and O–H groups in total. The van der Waals surface area contributed by atoms with E-state index < -0.39 is 6.04 Å². The van der Waals surface area contributed by atoms with Crippen molar-refractivity contribution in [3.05, 3.63) is 64.7 Å². The number of aromatic nitrogens is 2. The predicted molar refractivity (Wildman–Crippen MR) is 128 cm³/mol. The summed E-state index contributed by atoms with van der Waals surface area (Å²) in [5.41, 5.74) is 2.61. The first-order valence-corrected chi connectivity index (χ1v) is 11.7. The number of rotatable bonds is 4. The van der Waals surface area contributed by atoms with E-state index in [0.29, 0.717) is 33.7 Å². The number of carbonyl (C=O) groups excluding carboxylic acids is 2. The van der Waals surface area contributed by atoms with Crippen LogP contribution < -0.4 is 5.32 Å². The van der Waals surface area contributed by atoms with Gasteiger partial charge in [-0.05, 0) is 48.1 Å². The SMILES string of the molecule is CC(C)(C)c1ccc(C(=O)N2CCCC2C(=O)Nc2nnc(-c3cccc(Cl)c3)s2)cc1. The number of nitrogens with one attached hydrogen (secondary N) is 1. The molecule has 0 bridgehead atoms. The second kappa shape index (κ2) is 9.00. The lowest BCUT2D eigenvalue weighted by Gasteiger charge is -2.24. The van der Waals surface area contributed by atoms with E-state index in [2.05, 4.69) is 36.3 Å². The van der Waals surface area contributed by atoms with E-state index in [1.807, 2.05) is 36.4 Å². The molecule has 8 heteroatoms. The van der Waals surface area contributed by atoms with Gasteiger partial charge in [0.05, 0.1) is 0 Å². The second-order valence-electron chi connectivity index (χ2n) is 8.90. The van der Waals surface area contributed by atoms with Gasteiger partial charge in [0.1, 0.15) is 11.0 Å². The van der Waals surface area contributed by atoms with Gasteiger partial charge in [-0.15, -0.1) is 10.2 Å². The third kappa shape index (κ3) is 4.84. The first kappa shape index (κ1) is 22.4. The maximum atomic E-state index is 13.1. The fourth-order valence-corrected chi connectivity index (χ4v) is 4.69. The van der Waals surface area contributed by atoms with Crippen molar-refractivity contribution in [2.24, 2.45) is 0 Å². The minimum Gasteiger partial charge on any atom is -0.327 e. The van der Waals surface area contributed by atoms with Crippen molar-refractivity contribution in [1.82, 2.24) is 15.1 Å². The molecule has 1 saturated heterocycles. The molecule has 2 heterocycles. The van der Waals surface area contributed by atoms with Gasteiger partial charge in [-0.25, -0.2) is 0 Å². The number of benzene rings is 2. The molecule has 0 aliphatic carbocycles. The Morgan fingerprint density at radius 1 is 1.12 bits per heavy atom. The van der Waals surface area contributed by atoms with E-state index in [1.54, 1.807) is 17.0 Å². The molecule has 2 aromatic carbocycles. The highest BCUT2D eigenvalue weighted by Gasteiger charge is 2.35. The van der Waals surface area contributed by atoms with E-state index in [-0.39, 0.29) is 17.2 Å². The van der Waals surface area contributed by atoms with Crippen LogP contribution in [0.25, 0.3) is 10.6 Å². The number of carbonyl (C=O) groups is 2. The summed E-state index contributed by atoms with van der Waals surface area (Å²) in [4.78, 5) is 27.7. The summed E-state index contributed by atoms with van der Waals surface area (Å²) in [6.45, 7) is 6.96. The third-order valence-electron chi connectivity index (χ3n) is 5.54. The Morgan fingerprint density at radius 2 is 1.88 bits per heavy atom.